The van der Waals surface area contributed by atoms with Gasteiger partial charge in [0.2, 0.25) is 11.0 Å². The van der Waals surface area contributed by atoms with E-state index in [9.17, 15) is 4.79 Å². The van der Waals surface area contributed by atoms with E-state index in [1.54, 1.807) is 11.3 Å². The van der Waals surface area contributed by atoms with E-state index in [4.69, 9.17) is 0 Å². The number of carbonyl (C=O) groups excluding carboxylic acids is 1. The maximum Gasteiger partial charge on any atom is 0.226 e. The Morgan fingerprint density at radius 2 is 1.95 bits per heavy atom. The van der Waals surface area contributed by atoms with Gasteiger partial charge in [-0.2, -0.15) is 0 Å². The molecule has 0 aliphatic carbocycles. The molecule has 21 heavy (non-hydrogen) atoms. The molecule has 106 valence electrons. The normalized spacial score (nSPS) is 10.5. The lowest BCUT2D eigenvalue weighted by atomic mass is 10.2. The van der Waals surface area contributed by atoms with Crippen LogP contribution in [0.1, 0.15) is 11.3 Å². The zero-order valence-electron chi connectivity index (χ0n) is 11.2. The molecule has 6 heteroatoms. The number of aromatic nitrogens is 2. The highest BCUT2D eigenvalue weighted by Gasteiger charge is 2.09. The van der Waals surface area contributed by atoms with Crippen molar-refractivity contribution in [2.75, 3.05) is 5.32 Å². The lowest BCUT2D eigenvalue weighted by molar-refractivity contribution is -0.116. The first-order chi connectivity index (χ1) is 10.3. The van der Waals surface area contributed by atoms with E-state index in [0.29, 0.717) is 11.6 Å². The minimum Gasteiger partial charge on any atom is -0.301 e. The second kappa shape index (κ2) is 6.60. The first-order valence-electron chi connectivity index (χ1n) is 6.52. The van der Waals surface area contributed by atoms with Crippen molar-refractivity contribution in [1.29, 1.82) is 0 Å². The minimum atomic E-state index is -0.0286. The summed E-state index contributed by atoms with van der Waals surface area (Å²) >= 11 is 3.05. The molecule has 0 spiro atoms. The quantitative estimate of drug-likeness (QED) is 0.778. The van der Waals surface area contributed by atoms with Gasteiger partial charge in [-0.25, -0.2) is 0 Å². The zero-order chi connectivity index (χ0) is 14.5. The molecule has 2 heterocycles. The first kappa shape index (κ1) is 13.9. The number of benzene rings is 1. The smallest absolute Gasteiger partial charge is 0.226 e. The van der Waals surface area contributed by atoms with Crippen LogP contribution in [0.15, 0.2) is 47.8 Å². The Hall–Kier alpha value is -2.05. The number of rotatable bonds is 5. The average Bonchev–Trinajstić information content (AvgIpc) is 3.17. The molecule has 0 fully saturated rings. The number of amides is 1. The zero-order valence-corrected chi connectivity index (χ0v) is 12.8. The molecule has 0 atom stereocenters. The molecule has 0 radical (unpaired) electrons. The van der Waals surface area contributed by atoms with Gasteiger partial charge in [-0.3, -0.25) is 4.79 Å². The van der Waals surface area contributed by atoms with Crippen molar-refractivity contribution in [3.63, 3.8) is 0 Å². The predicted molar refractivity (Wildman–Crippen MR) is 86.6 cm³/mol. The molecule has 3 rings (SSSR count). The standard InChI is InChI=1S/C15H13N3OS2/c19-13(9-8-12-7-4-10-20-12)16-15-18-17-14(21-15)11-5-2-1-3-6-11/h1-7,10H,8-9H2,(H,16,18,19). The van der Waals surface area contributed by atoms with Crippen LogP contribution in [0.2, 0.25) is 0 Å². The largest absolute Gasteiger partial charge is 0.301 e. The maximum absolute atomic E-state index is 11.9. The molecule has 1 amide bonds. The number of anilines is 1. The van der Waals surface area contributed by atoms with Crippen molar-refractivity contribution in [3.8, 4) is 10.6 Å². The number of thiophene rings is 1. The van der Waals surface area contributed by atoms with E-state index in [0.717, 1.165) is 17.0 Å². The van der Waals surface area contributed by atoms with E-state index in [2.05, 4.69) is 15.5 Å². The Bertz CT molecular complexity index is 708. The van der Waals surface area contributed by atoms with Crippen molar-refractivity contribution >= 4 is 33.7 Å². The minimum absolute atomic E-state index is 0.0286. The van der Waals surface area contributed by atoms with Gasteiger partial charge in [0.1, 0.15) is 5.01 Å². The molecular weight excluding hydrogens is 302 g/mol. The lowest BCUT2D eigenvalue weighted by Crippen LogP contribution is -2.11. The van der Waals surface area contributed by atoms with Gasteiger partial charge in [0, 0.05) is 16.9 Å². The fraction of sp³-hybridized carbons (Fsp3) is 0.133. The van der Waals surface area contributed by atoms with Gasteiger partial charge in [-0.1, -0.05) is 47.7 Å². The number of carbonyl (C=O) groups is 1. The summed E-state index contributed by atoms with van der Waals surface area (Å²) in [4.78, 5) is 13.1. The summed E-state index contributed by atoms with van der Waals surface area (Å²) in [5, 5.41) is 14.3. The number of aryl methyl sites for hydroxylation is 1. The Morgan fingerprint density at radius 3 is 2.71 bits per heavy atom. The molecule has 1 aromatic carbocycles. The monoisotopic (exact) mass is 315 g/mol. The highest BCUT2D eigenvalue weighted by atomic mass is 32.1. The van der Waals surface area contributed by atoms with E-state index in [-0.39, 0.29) is 5.91 Å². The van der Waals surface area contributed by atoms with Gasteiger partial charge in [0.05, 0.1) is 0 Å². The van der Waals surface area contributed by atoms with Crippen molar-refractivity contribution in [2.24, 2.45) is 0 Å². The molecule has 0 bridgehead atoms. The third kappa shape index (κ3) is 3.74. The Kier molecular flexibility index (Phi) is 4.37. The summed E-state index contributed by atoms with van der Waals surface area (Å²) in [5.41, 5.74) is 1.01. The second-order valence-corrected chi connectivity index (χ2v) is 6.42. The summed E-state index contributed by atoms with van der Waals surface area (Å²) in [6, 6.07) is 13.8. The number of hydrogen-bond acceptors (Lipinski definition) is 5. The molecular formula is C15H13N3OS2. The van der Waals surface area contributed by atoms with E-state index in [1.165, 1.54) is 16.2 Å². The molecule has 2 aromatic heterocycles. The lowest BCUT2D eigenvalue weighted by Gasteiger charge is -1.99. The van der Waals surface area contributed by atoms with Crippen LogP contribution in [-0.2, 0) is 11.2 Å². The summed E-state index contributed by atoms with van der Waals surface area (Å²) in [6.07, 6.45) is 1.22. The van der Waals surface area contributed by atoms with Gasteiger partial charge in [-0.15, -0.1) is 21.5 Å². The van der Waals surface area contributed by atoms with Crippen LogP contribution >= 0.6 is 22.7 Å². The molecule has 3 aromatic rings. The van der Waals surface area contributed by atoms with Crippen molar-refractivity contribution < 1.29 is 4.79 Å². The van der Waals surface area contributed by atoms with Gasteiger partial charge < -0.3 is 5.32 Å². The van der Waals surface area contributed by atoms with E-state index < -0.39 is 0 Å². The molecule has 0 aliphatic heterocycles. The van der Waals surface area contributed by atoms with Gasteiger partial charge in [0.25, 0.3) is 0 Å². The third-order valence-electron chi connectivity index (χ3n) is 2.87. The molecule has 0 aliphatic rings. The van der Waals surface area contributed by atoms with Crippen molar-refractivity contribution in [2.45, 2.75) is 12.8 Å². The predicted octanol–water partition coefficient (Wildman–Crippen LogP) is 3.84. The van der Waals surface area contributed by atoms with E-state index >= 15 is 0 Å². The topological polar surface area (TPSA) is 54.9 Å². The first-order valence-corrected chi connectivity index (χ1v) is 8.22. The van der Waals surface area contributed by atoms with Crippen molar-refractivity contribution in [1.82, 2.24) is 10.2 Å². The molecule has 0 saturated carbocycles. The summed E-state index contributed by atoms with van der Waals surface area (Å²) < 4.78 is 0. The fourth-order valence-electron chi connectivity index (χ4n) is 1.84. The fourth-order valence-corrected chi connectivity index (χ4v) is 3.32. The van der Waals surface area contributed by atoms with Gasteiger partial charge in [-0.05, 0) is 17.9 Å². The Labute approximate surface area is 130 Å². The van der Waals surface area contributed by atoms with Gasteiger partial charge >= 0.3 is 0 Å². The number of nitrogens with zero attached hydrogens (tertiary/aromatic N) is 2. The highest BCUT2D eigenvalue weighted by molar-refractivity contribution is 7.18. The molecule has 0 unspecified atom stereocenters. The van der Waals surface area contributed by atoms with Crippen LogP contribution in [-0.4, -0.2) is 16.1 Å². The number of nitrogens with one attached hydrogen (secondary N) is 1. The number of hydrogen-bond donors (Lipinski definition) is 1. The van der Waals surface area contributed by atoms with Crippen LogP contribution in [0.3, 0.4) is 0 Å². The van der Waals surface area contributed by atoms with Crippen LogP contribution in [0.5, 0.6) is 0 Å². The summed E-state index contributed by atoms with van der Waals surface area (Å²) in [6.45, 7) is 0. The second-order valence-electron chi connectivity index (χ2n) is 4.41. The van der Waals surface area contributed by atoms with Crippen LogP contribution in [0, 0.1) is 0 Å². The van der Waals surface area contributed by atoms with Crippen molar-refractivity contribution in [3.05, 3.63) is 52.7 Å². The Morgan fingerprint density at radius 1 is 1.10 bits per heavy atom. The average molecular weight is 315 g/mol. The van der Waals surface area contributed by atoms with Crippen LogP contribution < -0.4 is 5.32 Å². The molecule has 4 nitrogen and oxygen atoms in total. The third-order valence-corrected chi connectivity index (χ3v) is 4.69. The Balaban J connectivity index is 1.58. The van der Waals surface area contributed by atoms with Crippen LogP contribution in [0.4, 0.5) is 5.13 Å². The molecule has 0 saturated heterocycles. The van der Waals surface area contributed by atoms with Gasteiger partial charge in [0.15, 0.2) is 0 Å². The van der Waals surface area contributed by atoms with E-state index in [1.807, 2.05) is 47.8 Å². The maximum atomic E-state index is 11.9. The summed E-state index contributed by atoms with van der Waals surface area (Å²) in [5.74, 6) is -0.0286. The molecule has 1 N–H and O–H groups in total. The van der Waals surface area contributed by atoms with Crippen LogP contribution in [0.25, 0.3) is 10.6 Å². The summed E-state index contributed by atoms with van der Waals surface area (Å²) in [7, 11) is 0. The SMILES string of the molecule is O=C(CCc1cccs1)Nc1nnc(-c2ccccc2)s1. The highest BCUT2D eigenvalue weighted by Crippen LogP contribution is 2.26.